The van der Waals surface area contributed by atoms with Crippen LogP contribution >= 0.6 is 0 Å². The number of hydrogen-bond acceptors (Lipinski definition) is 3. The van der Waals surface area contributed by atoms with Crippen molar-refractivity contribution in [2.45, 2.75) is 0 Å². The zero-order chi connectivity index (χ0) is 17.2. The first-order chi connectivity index (χ1) is 12.2. The predicted molar refractivity (Wildman–Crippen MR) is 102 cm³/mol. The fourth-order valence-corrected chi connectivity index (χ4v) is 3.04. The maximum absolute atomic E-state index is 10.7. The van der Waals surface area contributed by atoms with Crippen LogP contribution in [0.5, 0.6) is 5.75 Å². The second kappa shape index (κ2) is 6.21. The number of phenolic OH excluding ortho intramolecular Hbond substituents is 1. The van der Waals surface area contributed by atoms with Gasteiger partial charge in [0.05, 0.1) is 0 Å². The van der Waals surface area contributed by atoms with E-state index in [4.69, 9.17) is 0 Å². The van der Waals surface area contributed by atoms with Crippen molar-refractivity contribution in [3.63, 3.8) is 0 Å². The van der Waals surface area contributed by atoms with Crippen molar-refractivity contribution in [3.05, 3.63) is 89.8 Å². The Bertz CT molecular complexity index is 1070. The molecule has 0 spiro atoms. The monoisotopic (exact) mass is 325 g/mol. The minimum absolute atomic E-state index is 0.233. The number of fused-ring (bicyclic) bond motifs is 1. The van der Waals surface area contributed by atoms with Crippen LogP contribution in [-0.2, 0) is 0 Å². The first-order valence-corrected chi connectivity index (χ1v) is 8.00. The molecule has 1 N–H and O–H groups in total. The summed E-state index contributed by atoms with van der Waals surface area (Å²) in [5.74, 6) is 0.233. The molecule has 0 unspecified atom stereocenters. The van der Waals surface area contributed by atoms with Gasteiger partial charge in [0, 0.05) is 0 Å². The Morgan fingerprint density at radius 1 is 0.600 bits per heavy atom. The molecule has 4 rings (SSSR count). The average Bonchev–Trinajstić information content (AvgIpc) is 2.67. The van der Waals surface area contributed by atoms with Crippen molar-refractivity contribution in [1.29, 1.82) is 0 Å². The van der Waals surface area contributed by atoms with Gasteiger partial charge in [-0.3, -0.25) is 0 Å². The smallest absolute Gasteiger partial charge is 0.116 e. The topological polar surface area (TPSA) is 49.7 Å². The van der Waals surface area contributed by atoms with Crippen LogP contribution in [0.1, 0.15) is 0 Å². The van der Waals surface area contributed by atoms with Gasteiger partial charge in [-0.25, -0.2) is 0 Å². The highest BCUT2D eigenvalue weighted by atomic mass is 16.3. The number of hydrogen-bond donors (Lipinski definition) is 1. The van der Waals surface area contributed by atoms with Crippen LogP contribution in [0, 0.1) is 4.91 Å². The van der Waals surface area contributed by atoms with Crippen molar-refractivity contribution in [2.75, 3.05) is 0 Å². The van der Waals surface area contributed by atoms with Gasteiger partial charge in [-0.15, -0.1) is 4.91 Å². The molecular weight excluding hydrogens is 310 g/mol. The Balaban J connectivity index is 1.83. The molecule has 3 heteroatoms. The van der Waals surface area contributed by atoms with E-state index in [9.17, 15) is 10.0 Å². The molecule has 0 bridgehead atoms. The van der Waals surface area contributed by atoms with Crippen molar-refractivity contribution < 1.29 is 5.11 Å². The minimum atomic E-state index is 0.233. The summed E-state index contributed by atoms with van der Waals surface area (Å²) in [5, 5.41) is 15.1. The third-order valence-electron chi connectivity index (χ3n) is 4.29. The fourth-order valence-electron chi connectivity index (χ4n) is 3.04. The Morgan fingerprint density at radius 3 is 2.04 bits per heavy atom. The SMILES string of the molecule is O=Nc1ccc2cc(-c3cc(O)cc(-c4ccccc4)c3)ccc2c1. The van der Waals surface area contributed by atoms with E-state index in [1.165, 1.54) is 0 Å². The normalized spacial score (nSPS) is 10.7. The Morgan fingerprint density at radius 2 is 1.28 bits per heavy atom. The van der Waals surface area contributed by atoms with E-state index in [0.717, 1.165) is 33.0 Å². The van der Waals surface area contributed by atoms with Gasteiger partial charge in [0.25, 0.3) is 0 Å². The molecule has 0 aromatic heterocycles. The van der Waals surface area contributed by atoms with Crippen LogP contribution in [0.4, 0.5) is 5.69 Å². The van der Waals surface area contributed by atoms with E-state index in [0.29, 0.717) is 5.69 Å². The summed E-state index contributed by atoms with van der Waals surface area (Å²) < 4.78 is 0. The van der Waals surface area contributed by atoms with Crippen LogP contribution in [0.15, 0.2) is 90.1 Å². The molecule has 4 aromatic carbocycles. The van der Waals surface area contributed by atoms with Gasteiger partial charge in [-0.2, -0.15) is 0 Å². The number of aromatic hydroxyl groups is 1. The molecule has 0 aliphatic rings. The summed E-state index contributed by atoms with van der Waals surface area (Å²) in [6, 6.07) is 26.9. The van der Waals surface area contributed by atoms with Gasteiger partial charge >= 0.3 is 0 Å². The largest absolute Gasteiger partial charge is 0.508 e. The van der Waals surface area contributed by atoms with Crippen molar-refractivity contribution in [1.82, 2.24) is 0 Å². The Kier molecular flexibility index (Phi) is 3.75. The van der Waals surface area contributed by atoms with Crippen LogP contribution in [0.25, 0.3) is 33.0 Å². The number of nitrogens with zero attached hydrogens (tertiary/aromatic N) is 1. The lowest BCUT2D eigenvalue weighted by molar-refractivity contribution is 0.476. The van der Waals surface area contributed by atoms with Crippen LogP contribution in [-0.4, -0.2) is 5.11 Å². The van der Waals surface area contributed by atoms with E-state index in [2.05, 4.69) is 11.2 Å². The molecule has 120 valence electrons. The molecule has 0 fully saturated rings. The molecule has 0 atom stereocenters. The van der Waals surface area contributed by atoms with Crippen LogP contribution in [0.2, 0.25) is 0 Å². The molecule has 0 heterocycles. The van der Waals surface area contributed by atoms with E-state index in [1.807, 2.05) is 54.6 Å². The average molecular weight is 325 g/mol. The molecule has 0 aliphatic carbocycles. The van der Waals surface area contributed by atoms with Crippen LogP contribution < -0.4 is 0 Å². The summed E-state index contributed by atoms with van der Waals surface area (Å²) in [4.78, 5) is 10.7. The van der Waals surface area contributed by atoms with E-state index in [-0.39, 0.29) is 5.75 Å². The Hall–Kier alpha value is -3.46. The first-order valence-electron chi connectivity index (χ1n) is 8.00. The summed E-state index contributed by atoms with van der Waals surface area (Å²) in [7, 11) is 0. The first kappa shape index (κ1) is 15.1. The third kappa shape index (κ3) is 3.00. The lowest BCUT2D eigenvalue weighted by Crippen LogP contribution is -1.83. The van der Waals surface area contributed by atoms with Gasteiger partial charge in [0.15, 0.2) is 0 Å². The molecule has 0 radical (unpaired) electrons. The summed E-state index contributed by atoms with van der Waals surface area (Å²) >= 11 is 0. The highest BCUT2D eigenvalue weighted by molar-refractivity contribution is 5.90. The zero-order valence-corrected chi connectivity index (χ0v) is 13.4. The number of phenols is 1. The number of rotatable bonds is 3. The second-order valence-corrected chi connectivity index (χ2v) is 5.97. The van der Waals surface area contributed by atoms with Gasteiger partial charge in [0.2, 0.25) is 0 Å². The van der Waals surface area contributed by atoms with Gasteiger partial charge < -0.3 is 5.11 Å². The summed E-state index contributed by atoms with van der Waals surface area (Å²) in [5.41, 5.74) is 4.40. The molecule has 0 amide bonds. The van der Waals surface area contributed by atoms with Crippen molar-refractivity contribution in [2.24, 2.45) is 5.18 Å². The molecule has 3 nitrogen and oxygen atoms in total. The number of benzene rings is 4. The van der Waals surface area contributed by atoms with E-state index >= 15 is 0 Å². The quantitative estimate of drug-likeness (QED) is 0.451. The molecule has 25 heavy (non-hydrogen) atoms. The summed E-state index contributed by atoms with van der Waals surface area (Å²) in [6.07, 6.45) is 0. The lowest BCUT2D eigenvalue weighted by atomic mass is 9.97. The zero-order valence-electron chi connectivity index (χ0n) is 13.4. The van der Waals surface area contributed by atoms with Gasteiger partial charge in [-0.1, -0.05) is 48.5 Å². The predicted octanol–water partition coefficient (Wildman–Crippen LogP) is 6.28. The van der Waals surface area contributed by atoms with Crippen molar-refractivity contribution >= 4 is 16.5 Å². The number of nitroso groups, excluding NO2 is 1. The molecule has 4 aromatic rings. The van der Waals surface area contributed by atoms with E-state index in [1.54, 1.807) is 24.3 Å². The molecule has 0 saturated heterocycles. The maximum Gasteiger partial charge on any atom is 0.116 e. The molecular formula is C22H15NO2. The highest BCUT2D eigenvalue weighted by Crippen LogP contribution is 2.33. The minimum Gasteiger partial charge on any atom is -0.508 e. The molecule has 0 aliphatic heterocycles. The lowest BCUT2D eigenvalue weighted by Gasteiger charge is -2.09. The Labute approximate surface area is 145 Å². The molecule has 0 saturated carbocycles. The van der Waals surface area contributed by atoms with Crippen molar-refractivity contribution in [3.8, 4) is 28.0 Å². The van der Waals surface area contributed by atoms with E-state index < -0.39 is 0 Å². The van der Waals surface area contributed by atoms with Gasteiger partial charge in [-0.05, 0) is 74.6 Å². The highest BCUT2D eigenvalue weighted by Gasteiger charge is 2.06. The summed E-state index contributed by atoms with van der Waals surface area (Å²) in [6.45, 7) is 0. The maximum atomic E-state index is 10.7. The van der Waals surface area contributed by atoms with Gasteiger partial charge in [0.1, 0.15) is 11.4 Å². The third-order valence-corrected chi connectivity index (χ3v) is 4.29. The van der Waals surface area contributed by atoms with Crippen LogP contribution in [0.3, 0.4) is 0 Å². The standard InChI is InChI=1S/C22H15NO2/c24-22-13-19(15-4-2-1-3-5-15)11-20(14-22)17-6-7-18-12-21(23-25)9-8-16(18)10-17/h1-14,24H. The fraction of sp³-hybridized carbons (Fsp3) is 0. The second-order valence-electron chi connectivity index (χ2n) is 5.97.